The summed E-state index contributed by atoms with van der Waals surface area (Å²) in [5.74, 6) is -0.931. The molecular formula is C59H100O6. The summed E-state index contributed by atoms with van der Waals surface area (Å²) >= 11 is 0. The lowest BCUT2D eigenvalue weighted by molar-refractivity contribution is -0.167. The van der Waals surface area contributed by atoms with Gasteiger partial charge in [0, 0.05) is 19.3 Å². The van der Waals surface area contributed by atoms with Crippen LogP contribution in [0.1, 0.15) is 252 Å². The van der Waals surface area contributed by atoms with Crippen molar-refractivity contribution in [3.8, 4) is 0 Å². The molecule has 0 saturated carbocycles. The Bertz CT molecular complexity index is 1270. The molecule has 372 valence electrons. The molecule has 0 aliphatic rings. The van der Waals surface area contributed by atoms with E-state index in [0.29, 0.717) is 19.3 Å². The zero-order valence-electron chi connectivity index (χ0n) is 42.5. The Kier molecular flexibility index (Phi) is 50.4. The van der Waals surface area contributed by atoms with E-state index in [1.54, 1.807) is 0 Å². The molecule has 0 rings (SSSR count). The van der Waals surface area contributed by atoms with Crippen molar-refractivity contribution in [2.45, 2.75) is 258 Å². The van der Waals surface area contributed by atoms with Crippen molar-refractivity contribution < 1.29 is 28.6 Å². The Morgan fingerprint density at radius 2 is 0.600 bits per heavy atom. The lowest BCUT2D eigenvalue weighted by Crippen LogP contribution is -2.30. The second kappa shape index (κ2) is 53.2. The lowest BCUT2D eigenvalue weighted by Gasteiger charge is -2.18. The van der Waals surface area contributed by atoms with Crippen LogP contribution in [0.25, 0.3) is 0 Å². The minimum atomic E-state index is -0.787. The number of hydrogen-bond acceptors (Lipinski definition) is 6. The van der Waals surface area contributed by atoms with Crippen molar-refractivity contribution in [3.05, 3.63) is 85.1 Å². The van der Waals surface area contributed by atoms with Gasteiger partial charge in [0.25, 0.3) is 0 Å². The van der Waals surface area contributed by atoms with Crippen molar-refractivity contribution in [2.24, 2.45) is 0 Å². The van der Waals surface area contributed by atoms with Gasteiger partial charge >= 0.3 is 17.9 Å². The van der Waals surface area contributed by atoms with Gasteiger partial charge in [0.15, 0.2) is 6.10 Å². The van der Waals surface area contributed by atoms with E-state index in [2.05, 4.69) is 106 Å². The Labute approximate surface area is 401 Å². The van der Waals surface area contributed by atoms with Crippen LogP contribution < -0.4 is 0 Å². The zero-order valence-corrected chi connectivity index (χ0v) is 42.5. The maximum atomic E-state index is 12.7. The normalized spacial score (nSPS) is 12.7. The van der Waals surface area contributed by atoms with E-state index in [0.717, 1.165) is 116 Å². The predicted molar refractivity (Wildman–Crippen MR) is 279 cm³/mol. The van der Waals surface area contributed by atoms with Crippen molar-refractivity contribution >= 4 is 17.9 Å². The Hall–Kier alpha value is -3.41. The third-order valence-electron chi connectivity index (χ3n) is 11.4. The predicted octanol–water partition coefficient (Wildman–Crippen LogP) is 18.0. The highest BCUT2D eigenvalue weighted by atomic mass is 16.6. The number of ether oxygens (including phenoxy) is 3. The van der Waals surface area contributed by atoms with Gasteiger partial charge in [-0.2, -0.15) is 0 Å². The van der Waals surface area contributed by atoms with Crippen molar-refractivity contribution in [3.63, 3.8) is 0 Å². The molecule has 0 radical (unpaired) electrons. The molecule has 0 fully saturated rings. The summed E-state index contributed by atoms with van der Waals surface area (Å²) in [6.07, 6.45) is 69.0. The third-order valence-corrected chi connectivity index (χ3v) is 11.4. The first-order valence-electron chi connectivity index (χ1n) is 27.1. The van der Waals surface area contributed by atoms with E-state index in [1.807, 2.05) is 0 Å². The standard InChI is InChI=1S/C59H100O6/c1-4-7-10-13-15-17-19-21-23-25-26-27-28-29-30-31-32-34-35-37-39-41-43-46-49-52-58(61)64-55-56(54-63-57(60)51-48-45-12-9-6-3)65-59(62)53-50-47-44-42-40-38-36-33-24-22-20-18-16-14-11-8-5-2/h8,11,16,18-19,21-22,24-26,28-29,36,38,56H,4-7,9-10,12-15,17,20,23,27,30-35,37,39-55H2,1-3H3/b11-8-,18-16-,21-19-,24-22-,26-25-,29-28-,38-36-. The number of unbranched alkanes of at least 4 members (excludes halogenated alkanes) is 23. The molecule has 1 unspecified atom stereocenters. The highest BCUT2D eigenvalue weighted by Gasteiger charge is 2.19. The first kappa shape index (κ1) is 61.6. The lowest BCUT2D eigenvalue weighted by atomic mass is 10.1. The monoisotopic (exact) mass is 905 g/mol. The van der Waals surface area contributed by atoms with E-state index in [4.69, 9.17) is 14.2 Å². The first-order chi connectivity index (χ1) is 32.0. The minimum Gasteiger partial charge on any atom is -0.462 e. The fourth-order valence-electron chi connectivity index (χ4n) is 7.32. The van der Waals surface area contributed by atoms with Crippen molar-refractivity contribution in [1.82, 2.24) is 0 Å². The van der Waals surface area contributed by atoms with Crippen LogP contribution in [0.15, 0.2) is 85.1 Å². The van der Waals surface area contributed by atoms with E-state index < -0.39 is 6.10 Å². The largest absolute Gasteiger partial charge is 0.462 e. The number of rotatable bonds is 48. The van der Waals surface area contributed by atoms with Gasteiger partial charge in [-0.1, -0.05) is 221 Å². The number of allylic oxidation sites excluding steroid dienone is 14. The van der Waals surface area contributed by atoms with Gasteiger partial charge < -0.3 is 14.2 Å². The molecular weight excluding hydrogens is 805 g/mol. The topological polar surface area (TPSA) is 78.9 Å². The molecule has 0 aromatic rings. The van der Waals surface area contributed by atoms with Crippen LogP contribution in [-0.2, 0) is 28.6 Å². The molecule has 0 bridgehead atoms. The van der Waals surface area contributed by atoms with Gasteiger partial charge in [0.1, 0.15) is 13.2 Å². The van der Waals surface area contributed by atoms with E-state index >= 15 is 0 Å². The minimum absolute atomic E-state index is 0.0889. The van der Waals surface area contributed by atoms with Crippen molar-refractivity contribution in [2.75, 3.05) is 13.2 Å². The van der Waals surface area contributed by atoms with E-state index in [9.17, 15) is 14.4 Å². The molecule has 0 saturated heterocycles. The van der Waals surface area contributed by atoms with Gasteiger partial charge in [-0.15, -0.1) is 0 Å². The van der Waals surface area contributed by atoms with E-state index in [1.165, 1.54) is 96.3 Å². The highest BCUT2D eigenvalue weighted by Crippen LogP contribution is 2.14. The van der Waals surface area contributed by atoms with Gasteiger partial charge in [-0.25, -0.2) is 0 Å². The summed E-state index contributed by atoms with van der Waals surface area (Å²) in [5.41, 5.74) is 0. The van der Waals surface area contributed by atoms with Crippen LogP contribution in [0.4, 0.5) is 0 Å². The maximum Gasteiger partial charge on any atom is 0.306 e. The SMILES string of the molecule is CC/C=C\C/C=C\C/C=C\C/C=C\CCCCCCC(=O)OC(COC(=O)CCCCCCC)COC(=O)CCCCCCCCCCCC/C=C\C/C=C\C/C=C\CCCCCCC. The second-order valence-electron chi connectivity index (χ2n) is 17.8. The Morgan fingerprint density at radius 3 is 0.938 bits per heavy atom. The quantitative estimate of drug-likeness (QED) is 0.0262. The number of esters is 3. The molecule has 0 N–H and O–H groups in total. The molecule has 0 aromatic heterocycles. The number of hydrogen-bond donors (Lipinski definition) is 0. The molecule has 0 heterocycles. The molecule has 0 aliphatic carbocycles. The molecule has 0 spiro atoms. The van der Waals surface area contributed by atoms with Gasteiger partial charge in [0.05, 0.1) is 0 Å². The van der Waals surface area contributed by atoms with Crippen LogP contribution in [0.2, 0.25) is 0 Å². The summed E-state index contributed by atoms with van der Waals surface area (Å²) in [6, 6.07) is 0. The molecule has 0 aliphatic heterocycles. The number of carbonyl (C=O) groups excluding carboxylic acids is 3. The zero-order chi connectivity index (χ0) is 47.2. The summed E-state index contributed by atoms with van der Waals surface area (Å²) in [4.78, 5) is 37.7. The summed E-state index contributed by atoms with van der Waals surface area (Å²) in [7, 11) is 0. The van der Waals surface area contributed by atoms with Gasteiger partial charge in [0.2, 0.25) is 0 Å². The Morgan fingerprint density at radius 1 is 0.323 bits per heavy atom. The molecule has 65 heavy (non-hydrogen) atoms. The van der Waals surface area contributed by atoms with Gasteiger partial charge in [-0.05, 0) is 96.3 Å². The van der Waals surface area contributed by atoms with Gasteiger partial charge in [-0.3, -0.25) is 14.4 Å². The summed E-state index contributed by atoms with van der Waals surface area (Å²) in [6.45, 7) is 6.40. The fourth-order valence-corrected chi connectivity index (χ4v) is 7.32. The summed E-state index contributed by atoms with van der Waals surface area (Å²) in [5, 5.41) is 0. The number of carbonyl (C=O) groups is 3. The average molecular weight is 905 g/mol. The second-order valence-corrected chi connectivity index (χ2v) is 17.8. The van der Waals surface area contributed by atoms with Crippen LogP contribution in [0.5, 0.6) is 0 Å². The third kappa shape index (κ3) is 51.4. The summed E-state index contributed by atoms with van der Waals surface area (Å²) < 4.78 is 16.7. The van der Waals surface area contributed by atoms with E-state index in [-0.39, 0.29) is 31.1 Å². The van der Waals surface area contributed by atoms with Crippen LogP contribution in [0, 0.1) is 0 Å². The van der Waals surface area contributed by atoms with Crippen LogP contribution >= 0.6 is 0 Å². The highest BCUT2D eigenvalue weighted by molar-refractivity contribution is 5.71. The smallest absolute Gasteiger partial charge is 0.306 e. The molecule has 0 amide bonds. The Balaban J connectivity index is 4.15. The first-order valence-corrected chi connectivity index (χ1v) is 27.1. The molecule has 6 nitrogen and oxygen atoms in total. The van der Waals surface area contributed by atoms with Crippen LogP contribution in [0.3, 0.4) is 0 Å². The molecule has 6 heteroatoms. The molecule has 1 atom stereocenters. The average Bonchev–Trinajstić information content (AvgIpc) is 3.30. The fraction of sp³-hybridized carbons (Fsp3) is 0.712. The van der Waals surface area contributed by atoms with Crippen LogP contribution in [-0.4, -0.2) is 37.2 Å². The maximum absolute atomic E-state index is 12.7. The molecule has 0 aromatic carbocycles. The van der Waals surface area contributed by atoms with Crippen molar-refractivity contribution in [1.29, 1.82) is 0 Å².